The summed E-state index contributed by atoms with van der Waals surface area (Å²) in [5, 5.41) is 0. The van der Waals surface area contributed by atoms with Gasteiger partial charge in [0, 0.05) is 25.2 Å². The molecule has 19 heavy (non-hydrogen) atoms. The summed E-state index contributed by atoms with van der Waals surface area (Å²) in [6.45, 7) is 2.35. The van der Waals surface area contributed by atoms with Crippen LogP contribution >= 0.6 is 11.6 Å². The van der Waals surface area contributed by atoms with Crippen molar-refractivity contribution in [3.05, 3.63) is 23.9 Å². The van der Waals surface area contributed by atoms with Crippen molar-refractivity contribution in [1.82, 2.24) is 4.98 Å². The van der Waals surface area contributed by atoms with Crippen molar-refractivity contribution in [2.75, 3.05) is 18.0 Å². The lowest BCUT2D eigenvalue weighted by Gasteiger charge is -2.44. The molecule has 1 aliphatic heterocycles. The third-order valence-corrected chi connectivity index (χ3v) is 5.33. The molecule has 2 fully saturated rings. The minimum atomic E-state index is 0.552. The van der Waals surface area contributed by atoms with Gasteiger partial charge in [-0.25, -0.2) is 4.98 Å². The van der Waals surface area contributed by atoms with Gasteiger partial charge in [0.1, 0.15) is 5.82 Å². The third-order valence-electron chi connectivity index (χ3n) is 5.03. The minimum Gasteiger partial charge on any atom is -0.357 e. The van der Waals surface area contributed by atoms with Gasteiger partial charge in [0.05, 0.1) is 0 Å². The summed E-state index contributed by atoms with van der Waals surface area (Å²) in [6, 6.07) is 4.22. The van der Waals surface area contributed by atoms with Crippen LogP contribution in [-0.2, 0) is 5.88 Å². The van der Waals surface area contributed by atoms with Crippen LogP contribution in [0, 0.1) is 5.41 Å². The minimum absolute atomic E-state index is 0.552. The largest absolute Gasteiger partial charge is 0.357 e. The van der Waals surface area contributed by atoms with E-state index in [2.05, 4.69) is 22.0 Å². The Morgan fingerprint density at radius 1 is 1.05 bits per heavy atom. The zero-order valence-corrected chi connectivity index (χ0v) is 12.3. The molecule has 2 heterocycles. The summed E-state index contributed by atoms with van der Waals surface area (Å²) in [4.78, 5) is 6.99. The van der Waals surface area contributed by atoms with Crippen molar-refractivity contribution in [2.45, 2.75) is 50.8 Å². The van der Waals surface area contributed by atoms with Crippen LogP contribution in [0.15, 0.2) is 18.3 Å². The Hall–Kier alpha value is -0.760. The highest BCUT2D eigenvalue weighted by molar-refractivity contribution is 6.17. The number of piperidine rings is 1. The second-order valence-corrected chi connectivity index (χ2v) is 6.47. The summed E-state index contributed by atoms with van der Waals surface area (Å²) >= 11 is 5.81. The molecule has 0 aromatic carbocycles. The molecule has 1 aromatic heterocycles. The molecule has 0 amide bonds. The first kappa shape index (κ1) is 13.2. The number of alkyl halides is 1. The Kier molecular flexibility index (Phi) is 3.97. The van der Waals surface area contributed by atoms with Crippen LogP contribution < -0.4 is 4.90 Å². The number of rotatable bonds is 2. The Morgan fingerprint density at radius 3 is 2.37 bits per heavy atom. The smallest absolute Gasteiger partial charge is 0.128 e. The second kappa shape index (κ2) is 5.70. The summed E-state index contributed by atoms with van der Waals surface area (Å²) in [5.41, 5.74) is 1.77. The highest BCUT2D eigenvalue weighted by atomic mass is 35.5. The zero-order chi connectivity index (χ0) is 13.1. The molecule has 1 aliphatic carbocycles. The average molecular weight is 279 g/mol. The fourth-order valence-electron chi connectivity index (χ4n) is 3.69. The van der Waals surface area contributed by atoms with E-state index in [4.69, 9.17) is 11.6 Å². The molecule has 2 aliphatic rings. The predicted octanol–water partition coefficient (Wildman–Crippen LogP) is 4.37. The van der Waals surface area contributed by atoms with Crippen molar-refractivity contribution >= 4 is 17.4 Å². The van der Waals surface area contributed by atoms with E-state index in [1.54, 1.807) is 0 Å². The number of nitrogens with zero attached hydrogens (tertiary/aromatic N) is 2. The molecule has 3 heteroatoms. The van der Waals surface area contributed by atoms with Gasteiger partial charge >= 0.3 is 0 Å². The Bertz CT molecular complexity index is 399. The van der Waals surface area contributed by atoms with Crippen molar-refractivity contribution in [2.24, 2.45) is 5.41 Å². The molecule has 0 bridgehead atoms. The molecule has 1 saturated carbocycles. The molecule has 0 radical (unpaired) electrons. The van der Waals surface area contributed by atoms with E-state index in [0.717, 1.165) is 11.4 Å². The summed E-state index contributed by atoms with van der Waals surface area (Å²) in [5.74, 6) is 1.68. The van der Waals surface area contributed by atoms with Crippen molar-refractivity contribution in [3.63, 3.8) is 0 Å². The van der Waals surface area contributed by atoms with Gasteiger partial charge in [0.25, 0.3) is 0 Å². The van der Waals surface area contributed by atoms with Gasteiger partial charge in [-0.1, -0.05) is 25.3 Å². The predicted molar refractivity (Wildman–Crippen MR) is 80.8 cm³/mol. The van der Waals surface area contributed by atoms with E-state index >= 15 is 0 Å². The second-order valence-electron chi connectivity index (χ2n) is 6.21. The first-order chi connectivity index (χ1) is 9.31. The monoisotopic (exact) mass is 278 g/mol. The molecule has 1 spiro atoms. The lowest BCUT2D eigenvalue weighted by molar-refractivity contribution is 0.144. The van der Waals surface area contributed by atoms with Gasteiger partial charge in [-0.05, 0) is 42.7 Å². The maximum absolute atomic E-state index is 5.81. The van der Waals surface area contributed by atoms with Crippen molar-refractivity contribution in [1.29, 1.82) is 0 Å². The molecule has 0 N–H and O–H groups in total. The number of pyridine rings is 1. The van der Waals surface area contributed by atoms with E-state index in [0.29, 0.717) is 11.3 Å². The van der Waals surface area contributed by atoms with E-state index < -0.39 is 0 Å². The van der Waals surface area contributed by atoms with Gasteiger partial charge in [-0.3, -0.25) is 0 Å². The highest BCUT2D eigenvalue weighted by Crippen LogP contribution is 2.44. The molecule has 0 unspecified atom stereocenters. The number of halogens is 1. The molecule has 3 rings (SSSR count). The first-order valence-corrected chi connectivity index (χ1v) is 8.11. The van der Waals surface area contributed by atoms with Gasteiger partial charge in [0.2, 0.25) is 0 Å². The Labute approximate surface area is 121 Å². The van der Waals surface area contributed by atoms with Gasteiger partial charge in [-0.2, -0.15) is 0 Å². The summed E-state index contributed by atoms with van der Waals surface area (Å²) in [6.07, 6.45) is 11.9. The lowest BCUT2D eigenvalue weighted by atomic mass is 9.68. The molecule has 104 valence electrons. The number of anilines is 1. The third kappa shape index (κ3) is 2.89. The fraction of sp³-hybridized carbons (Fsp3) is 0.688. The number of aromatic nitrogens is 1. The van der Waals surface area contributed by atoms with Crippen molar-refractivity contribution in [3.8, 4) is 0 Å². The van der Waals surface area contributed by atoms with Gasteiger partial charge in [-0.15, -0.1) is 11.6 Å². The van der Waals surface area contributed by atoms with Crippen LogP contribution in [0.3, 0.4) is 0 Å². The molecular weight excluding hydrogens is 256 g/mol. The Morgan fingerprint density at radius 2 is 1.79 bits per heavy atom. The topological polar surface area (TPSA) is 16.1 Å². The lowest BCUT2D eigenvalue weighted by Crippen LogP contribution is -2.41. The van der Waals surface area contributed by atoms with Crippen LogP contribution in [0.1, 0.15) is 50.5 Å². The molecule has 1 saturated heterocycles. The van der Waals surface area contributed by atoms with E-state index in [1.165, 1.54) is 58.0 Å². The van der Waals surface area contributed by atoms with Crippen LogP contribution in [-0.4, -0.2) is 18.1 Å². The van der Waals surface area contributed by atoms with E-state index in [9.17, 15) is 0 Å². The molecule has 1 aromatic rings. The van der Waals surface area contributed by atoms with Gasteiger partial charge < -0.3 is 4.90 Å². The van der Waals surface area contributed by atoms with Crippen LogP contribution in [0.5, 0.6) is 0 Å². The first-order valence-electron chi connectivity index (χ1n) is 7.57. The molecular formula is C16H23ClN2. The van der Waals surface area contributed by atoms with Gasteiger partial charge in [0.15, 0.2) is 0 Å². The fourth-order valence-corrected chi connectivity index (χ4v) is 3.85. The Balaban J connectivity index is 1.62. The van der Waals surface area contributed by atoms with Crippen LogP contribution in [0.2, 0.25) is 0 Å². The quantitative estimate of drug-likeness (QED) is 0.747. The average Bonchev–Trinajstić information content (AvgIpc) is 2.49. The van der Waals surface area contributed by atoms with Crippen LogP contribution in [0.25, 0.3) is 0 Å². The normalized spacial score (nSPS) is 22.7. The number of hydrogen-bond donors (Lipinski definition) is 0. The summed E-state index contributed by atoms with van der Waals surface area (Å²) < 4.78 is 0. The van der Waals surface area contributed by atoms with Crippen LogP contribution in [0.4, 0.5) is 5.82 Å². The van der Waals surface area contributed by atoms with Crippen molar-refractivity contribution < 1.29 is 0 Å². The summed E-state index contributed by atoms with van der Waals surface area (Å²) in [7, 11) is 0. The maximum Gasteiger partial charge on any atom is 0.128 e. The highest BCUT2D eigenvalue weighted by Gasteiger charge is 2.35. The standard InChI is InChI=1S/C16H23ClN2/c17-12-14-4-5-15(18-13-14)19-10-8-16(9-11-19)6-2-1-3-7-16/h4-5,13H,1-3,6-12H2. The SMILES string of the molecule is ClCc1ccc(N2CCC3(CCCCC3)CC2)nc1. The number of hydrogen-bond acceptors (Lipinski definition) is 2. The maximum atomic E-state index is 5.81. The molecule has 2 nitrogen and oxygen atoms in total. The zero-order valence-electron chi connectivity index (χ0n) is 11.6. The van der Waals surface area contributed by atoms with E-state index in [-0.39, 0.29) is 0 Å². The van der Waals surface area contributed by atoms with E-state index in [1.807, 2.05) is 6.20 Å². The molecule has 0 atom stereocenters.